The predicted molar refractivity (Wildman–Crippen MR) is 186 cm³/mol. The number of phosphoric ester groups is 1. The fourth-order valence-electron chi connectivity index (χ4n) is 5.64. The maximum absolute atomic E-state index is 12.5. The van der Waals surface area contributed by atoms with E-state index >= 15 is 0 Å². The monoisotopic (exact) mass is 646 g/mol. The minimum Gasteiger partial charge on any atom is -0.387 e. The van der Waals surface area contributed by atoms with Crippen LogP contribution in [0.2, 0.25) is 0 Å². The minimum absolute atomic E-state index is 0.225. The van der Waals surface area contributed by atoms with Gasteiger partial charge in [0.1, 0.15) is 0 Å². The molecule has 0 fully saturated rings. The molecule has 262 valence electrons. The van der Waals surface area contributed by atoms with Crippen LogP contribution in [0.4, 0.5) is 0 Å². The summed E-state index contributed by atoms with van der Waals surface area (Å²) in [5, 5.41) is 13.3. The van der Waals surface area contributed by atoms with Crippen LogP contribution in [0.1, 0.15) is 194 Å². The summed E-state index contributed by atoms with van der Waals surface area (Å²) >= 11 is 0. The number of phosphoric acid groups is 1. The van der Waals surface area contributed by atoms with Crippen LogP contribution in [0.3, 0.4) is 0 Å². The van der Waals surface area contributed by atoms with E-state index in [2.05, 4.69) is 23.7 Å². The predicted octanol–water partition coefficient (Wildman–Crippen LogP) is 10.5. The Kier molecular flexibility index (Phi) is 31.7. The lowest BCUT2D eigenvalue weighted by molar-refractivity contribution is -0.123. The Hall–Kier alpha value is -0.720. The van der Waals surface area contributed by atoms with Gasteiger partial charge in [0.05, 0.1) is 18.8 Å². The van der Waals surface area contributed by atoms with Gasteiger partial charge in [0.2, 0.25) is 5.91 Å². The summed E-state index contributed by atoms with van der Waals surface area (Å²) in [7, 11) is -4.70. The Morgan fingerprint density at radius 1 is 0.636 bits per heavy atom. The van der Waals surface area contributed by atoms with Gasteiger partial charge in [0.25, 0.3) is 0 Å². The molecule has 7 nitrogen and oxygen atoms in total. The van der Waals surface area contributed by atoms with Crippen molar-refractivity contribution in [3.8, 4) is 0 Å². The number of unbranched alkanes of at least 4 members (excludes halogenated alkanes) is 25. The fourth-order valence-corrected chi connectivity index (χ4v) is 5.99. The number of carbonyl (C=O) groups is 1. The molecule has 0 aliphatic carbocycles. The molecule has 0 rings (SSSR count). The summed E-state index contributed by atoms with van der Waals surface area (Å²) in [4.78, 5) is 30.7. The van der Waals surface area contributed by atoms with Gasteiger partial charge < -0.3 is 20.2 Å². The van der Waals surface area contributed by atoms with Gasteiger partial charge >= 0.3 is 7.82 Å². The third-order valence-electron chi connectivity index (χ3n) is 8.50. The van der Waals surface area contributed by atoms with Crippen molar-refractivity contribution < 1.29 is 28.8 Å². The lowest BCUT2D eigenvalue weighted by atomic mass is 10.0. The molecule has 0 radical (unpaired) electrons. The van der Waals surface area contributed by atoms with Crippen LogP contribution in [0.15, 0.2) is 12.2 Å². The van der Waals surface area contributed by atoms with Gasteiger partial charge in [-0.1, -0.05) is 180 Å². The first kappa shape index (κ1) is 43.3. The van der Waals surface area contributed by atoms with Gasteiger partial charge in [-0.2, -0.15) is 0 Å². The first-order chi connectivity index (χ1) is 21.3. The molecule has 0 aromatic carbocycles. The summed E-state index contributed by atoms with van der Waals surface area (Å²) in [5.41, 5.74) is 0. The molecular formula is C36H72NO6P. The third kappa shape index (κ3) is 32.7. The Bertz CT molecular complexity index is 698. The van der Waals surface area contributed by atoms with Crippen LogP contribution < -0.4 is 5.32 Å². The summed E-state index contributed by atoms with van der Waals surface area (Å²) < 4.78 is 15.8. The number of carbonyl (C=O) groups excluding carboxylic acids is 1. The molecule has 8 heteroatoms. The van der Waals surface area contributed by atoms with Crippen molar-refractivity contribution in [2.75, 3.05) is 6.61 Å². The SMILES string of the molecule is CCCCCCCCCCCCCC=CC(O)C(COP(=O)(O)O)NC(=O)CCCCCCCCCCCCCCCCC. The highest BCUT2D eigenvalue weighted by molar-refractivity contribution is 7.46. The summed E-state index contributed by atoms with van der Waals surface area (Å²) in [5.74, 6) is -0.225. The van der Waals surface area contributed by atoms with E-state index in [9.17, 15) is 14.5 Å². The second kappa shape index (κ2) is 32.2. The Balaban J connectivity index is 4.02. The zero-order valence-corrected chi connectivity index (χ0v) is 29.7. The number of hydrogen-bond donors (Lipinski definition) is 4. The highest BCUT2D eigenvalue weighted by atomic mass is 31.2. The second-order valence-electron chi connectivity index (χ2n) is 12.9. The van der Waals surface area contributed by atoms with E-state index in [4.69, 9.17) is 9.79 Å². The van der Waals surface area contributed by atoms with Gasteiger partial charge in [0.15, 0.2) is 0 Å². The molecule has 0 aliphatic heterocycles. The van der Waals surface area contributed by atoms with Crippen LogP contribution in [0.25, 0.3) is 0 Å². The molecule has 0 spiro atoms. The number of aliphatic hydroxyl groups is 1. The van der Waals surface area contributed by atoms with Crippen molar-refractivity contribution in [3.05, 3.63) is 12.2 Å². The molecule has 2 atom stereocenters. The first-order valence-corrected chi connectivity index (χ1v) is 20.2. The zero-order chi connectivity index (χ0) is 32.6. The summed E-state index contributed by atoms with van der Waals surface area (Å²) in [6, 6.07) is -0.903. The number of aliphatic hydroxyl groups excluding tert-OH is 1. The van der Waals surface area contributed by atoms with Crippen LogP contribution in [0, 0.1) is 0 Å². The van der Waals surface area contributed by atoms with Crippen LogP contribution in [0.5, 0.6) is 0 Å². The highest BCUT2D eigenvalue weighted by Crippen LogP contribution is 2.35. The van der Waals surface area contributed by atoms with E-state index in [1.807, 2.05) is 6.08 Å². The molecule has 0 aliphatic rings. The molecule has 1 amide bonds. The summed E-state index contributed by atoms with van der Waals surface area (Å²) in [6.45, 7) is 4.06. The van der Waals surface area contributed by atoms with Crippen LogP contribution in [-0.4, -0.2) is 39.6 Å². The van der Waals surface area contributed by atoms with E-state index in [-0.39, 0.29) is 5.91 Å². The van der Waals surface area contributed by atoms with Crippen LogP contribution in [-0.2, 0) is 13.9 Å². The first-order valence-electron chi connectivity index (χ1n) is 18.6. The van der Waals surface area contributed by atoms with Crippen molar-refractivity contribution in [3.63, 3.8) is 0 Å². The van der Waals surface area contributed by atoms with Crippen LogP contribution >= 0.6 is 7.82 Å². The molecule has 0 bridgehead atoms. The molecule has 0 aromatic rings. The van der Waals surface area contributed by atoms with E-state index in [0.29, 0.717) is 6.42 Å². The summed E-state index contributed by atoms with van der Waals surface area (Å²) in [6.07, 6.45) is 36.5. The van der Waals surface area contributed by atoms with Gasteiger partial charge in [-0.15, -0.1) is 0 Å². The largest absolute Gasteiger partial charge is 0.469 e. The number of allylic oxidation sites excluding steroid dienone is 1. The Labute approximate surface area is 272 Å². The van der Waals surface area contributed by atoms with Crippen molar-refractivity contribution >= 4 is 13.7 Å². The Morgan fingerprint density at radius 2 is 1.00 bits per heavy atom. The molecule has 0 saturated carbocycles. The molecule has 0 aromatic heterocycles. The normalized spacial score (nSPS) is 13.5. The van der Waals surface area contributed by atoms with Gasteiger partial charge in [-0.25, -0.2) is 4.57 Å². The number of rotatable bonds is 34. The molecule has 4 N–H and O–H groups in total. The lowest BCUT2D eigenvalue weighted by Gasteiger charge is -2.22. The number of amides is 1. The van der Waals surface area contributed by atoms with Crippen molar-refractivity contribution in [2.24, 2.45) is 0 Å². The molecule has 0 saturated heterocycles. The molecule has 44 heavy (non-hydrogen) atoms. The van der Waals surface area contributed by atoms with Crippen molar-refractivity contribution in [1.82, 2.24) is 5.32 Å². The lowest BCUT2D eigenvalue weighted by Crippen LogP contribution is -2.45. The number of hydrogen-bond acceptors (Lipinski definition) is 4. The fraction of sp³-hybridized carbons (Fsp3) is 0.917. The average Bonchev–Trinajstić information content (AvgIpc) is 2.99. The maximum Gasteiger partial charge on any atom is 0.469 e. The Morgan fingerprint density at radius 3 is 1.39 bits per heavy atom. The topological polar surface area (TPSA) is 116 Å². The average molecular weight is 646 g/mol. The molecular weight excluding hydrogens is 573 g/mol. The molecule has 2 unspecified atom stereocenters. The van der Waals surface area contributed by atoms with Crippen molar-refractivity contribution in [2.45, 2.75) is 206 Å². The van der Waals surface area contributed by atoms with E-state index in [0.717, 1.165) is 38.5 Å². The maximum atomic E-state index is 12.5. The van der Waals surface area contributed by atoms with E-state index < -0.39 is 26.6 Å². The smallest absolute Gasteiger partial charge is 0.387 e. The van der Waals surface area contributed by atoms with Gasteiger partial charge in [-0.05, 0) is 19.3 Å². The molecule has 0 heterocycles. The van der Waals surface area contributed by atoms with Crippen molar-refractivity contribution in [1.29, 1.82) is 0 Å². The van der Waals surface area contributed by atoms with E-state index in [1.165, 1.54) is 135 Å². The minimum atomic E-state index is -4.70. The highest BCUT2D eigenvalue weighted by Gasteiger charge is 2.24. The third-order valence-corrected chi connectivity index (χ3v) is 8.98. The van der Waals surface area contributed by atoms with Gasteiger partial charge in [-0.3, -0.25) is 9.32 Å². The quantitative estimate of drug-likeness (QED) is 0.0314. The zero-order valence-electron chi connectivity index (χ0n) is 28.8. The standard InChI is InChI=1S/C36H72NO6P/c1-3-5-7-9-11-13-15-17-18-20-22-24-26-28-30-32-36(39)37-34(33-43-44(40,41)42)35(38)31-29-27-25-23-21-19-16-14-12-10-8-6-4-2/h29,31,34-35,38H,3-28,30,32-33H2,1-2H3,(H,37,39)(H2,40,41,42). The van der Waals surface area contributed by atoms with E-state index in [1.54, 1.807) is 6.08 Å². The number of nitrogens with one attached hydrogen (secondary N) is 1. The van der Waals surface area contributed by atoms with Gasteiger partial charge in [0, 0.05) is 6.42 Å². The second-order valence-corrected chi connectivity index (χ2v) is 14.1.